The van der Waals surface area contributed by atoms with Crippen LogP contribution in [-0.2, 0) is 13.0 Å². The zero-order chi connectivity index (χ0) is 19.8. The highest BCUT2D eigenvalue weighted by atomic mass is 32.1. The molecule has 7 nitrogen and oxygen atoms in total. The summed E-state index contributed by atoms with van der Waals surface area (Å²) < 4.78 is 0.988. The summed E-state index contributed by atoms with van der Waals surface area (Å²) in [5, 5.41) is 13.4. The van der Waals surface area contributed by atoms with E-state index in [1.807, 2.05) is 18.2 Å². The molecule has 0 aliphatic carbocycles. The average Bonchev–Trinajstić information content (AvgIpc) is 3.25. The number of carbonyl (C=O) groups is 1. The number of aliphatic hydroxyl groups excluding tert-OH is 1. The summed E-state index contributed by atoms with van der Waals surface area (Å²) >= 11 is 1.51. The summed E-state index contributed by atoms with van der Waals surface area (Å²) in [5.41, 5.74) is 10.2. The van der Waals surface area contributed by atoms with Gasteiger partial charge in [0.1, 0.15) is 23.5 Å². The first kappa shape index (κ1) is 18.4. The molecule has 0 saturated heterocycles. The van der Waals surface area contributed by atoms with E-state index >= 15 is 0 Å². The SMILES string of the molecule is CC(C)Cc1ccc(C(N)=O)cc1Nc1nc2c(ccc3[nH]c(CO)nc32)s1. The van der Waals surface area contributed by atoms with Gasteiger partial charge in [-0.15, -0.1) is 0 Å². The number of anilines is 2. The van der Waals surface area contributed by atoms with Crippen LogP contribution < -0.4 is 11.1 Å². The van der Waals surface area contributed by atoms with Crippen LogP contribution in [0.1, 0.15) is 35.6 Å². The number of benzene rings is 2. The fourth-order valence-electron chi connectivity index (χ4n) is 3.22. The summed E-state index contributed by atoms with van der Waals surface area (Å²) in [6, 6.07) is 9.39. The van der Waals surface area contributed by atoms with Crippen LogP contribution in [0.5, 0.6) is 0 Å². The first-order valence-electron chi connectivity index (χ1n) is 9.03. The van der Waals surface area contributed by atoms with Crippen molar-refractivity contribution >= 4 is 49.3 Å². The molecule has 0 aliphatic heterocycles. The van der Waals surface area contributed by atoms with Gasteiger partial charge in [-0.05, 0) is 42.2 Å². The van der Waals surface area contributed by atoms with Gasteiger partial charge in [-0.1, -0.05) is 31.3 Å². The van der Waals surface area contributed by atoms with Crippen molar-refractivity contribution in [2.75, 3.05) is 5.32 Å². The molecule has 0 spiro atoms. The molecule has 5 N–H and O–H groups in total. The number of primary amides is 1. The largest absolute Gasteiger partial charge is 0.388 e. The van der Waals surface area contributed by atoms with Crippen molar-refractivity contribution in [2.45, 2.75) is 26.9 Å². The van der Waals surface area contributed by atoms with Gasteiger partial charge in [0.05, 0.1) is 10.2 Å². The van der Waals surface area contributed by atoms with E-state index in [0.29, 0.717) is 22.4 Å². The van der Waals surface area contributed by atoms with Gasteiger partial charge in [-0.25, -0.2) is 9.97 Å². The van der Waals surface area contributed by atoms with Crippen LogP contribution in [0, 0.1) is 5.92 Å². The maximum atomic E-state index is 11.6. The fraction of sp³-hybridized carbons (Fsp3) is 0.250. The molecule has 4 rings (SSSR count). The van der Waals surface area contributed by atoms with Crippen LogP contribution in [-0.4, -0.2) is 26.0 Å². The Morgan fingerprint density at radius 3 is 2.79 bits per heavy atom. The van der Waals surface area contributed by atoms with Gasteiger partial charge in [0, 0.05) is 11.3 Å². The Hall–Kier alpha value is -2.97. The number of carbonyl (C=O) groups excluding carboxylic acids is 1. The number of aliphatic hydroxyl groups is 1. The molecule has 0 bridgehead atoms. The Bertz CT molecular complexity index is 1180. The van der Waals surface area contributed by atoms with Crippen molar-refractivity contribution in [3.63, 3.8) is 0 Å². The number of aromatic amines is 1. The smallest absolute Gasteiger partial charge is 0.248 e. The number of amides is 1. The summed E-state index contributed by atoms with van der Waals surface area (Å²) in [6.45, 7) is 4.15. The molecule has 8 heteroatoms. The van der Waals surface area contributed by atoms with E-state index in [4.69, 9.17) is 10.7 Å². The maximum absolute atomic E-state index is 11.6. The molecule has 0 saturated carbocycles. The Balaban J connectivity index is 1.76. The molecule has 0 unspecified atom stereocenters. The van der Waals surface area contributed by atoms with Crippen LogP contribution in [0.25, 0.3) is 21.3 Å². The number of nitrogens with zero attached hydrogens (tertiary/aromatic N) is 2. The van der Waals surface area contributed by atoms with Gasteiger partial charge in [-0.3, -0.25) is 4.79 Å². The lowest BCUT2D eigenvalue weighted by molar-refractivity contribution is 0.100. The van der Waals surface area contributed by atoms with Crippen LogP contribution in [0.2, 0.25) is 0 Å². The van der Waals surface area contributed by atoms with E-state index < -0.39 is 5.91 Å². The molecule has 0 radical (unpaired) electrons. The average molecular weight is 395 g/mol. The minimum Gasteiger partial charge on any atom is -0.388 e. The molecule has 0 aliphatic rings. The number of hydrogen-bond donors (Lipinski definition) is 4. The van der Waals surface area contributed by atoms with Crippen molar-refractivity contribution in [1.82, 2.24) is 15.0 Å². The van der Waals surface area contributed by atoms with Crippen LogP contribution in [0.3, 0.4) is 0 Å². The number of rotatable bonds is 6. The molecule has 0 fully saturated rings. The van der Waals surface area contributed by atoms with E-state index in [0.717, 1.165) is 38.9 Å². The first-order chi connectivity index (χ1) is 13.4. The van der Waals surface area contributed by atoms with Gasteiger partial charge >= 0.3 is 0 Å². The topological polar surface area (TPSA) is 117 Å². The summed E-state index contributed by atoms with van der Waals surface area (Å²) in [4.78, 5) is 23.8. The van der Waals surface area contributed by atoms with Crippen molar-refractivity contribution in [2.24, 2.45) is 11.7 Å². The lowest BCUT2D eigenvalue weighted by Crippen LogP contribution is -2.12. The summed E-state index contributed by atoms with van der Waals surface area (Å²) in [7, 11) is 0. The molecule has 4 aromatic rings. The fourth-order valence-corrected chi connectivity index (χ4v) is 4.10. The number of hydrogen-bond acceptors (Lipinski definition) is 6. The summed E-state index contributed by atoms with van der Waals surface area (Å²) in [5.74, 6) is 0.521. The maximum Gasteiger partial charge on any atom is 0.248 e. The van der Waals surface area contributed by atoms with Gasteiger partial charge in [0.15, 0.2) is 5.13 Å². The number of nitrogens with two attached hydrogens (primary N) is 1. The number of aromatic nitrogens is 3. The predicted molar refractivity (Wildman–Crippen MR) is 112 cm³/mol. The first-order valence-corrected chi connectivity index (χ1v) is 9.85. The molecule has 2 aromatic heterocycles. The van der Waals surface area contributed by atoms with Crippen LogP contribution in [0.4, 0.5) is 10.8 Å². The second kappa shape index (κ2) is 7.21. The molecule has 2 heterocycles. The van der Waals surface area contributed by atoms with Crippen molar-refractivity contribution in [3.05, 3.63) is 47.3 Å². The third-order valence-electron chi connectivity index (χ3n) is 4.47. The third kappa shape index (κ3) is 3.44. The van der Waals surface area contributed by atoms with E-state index in [1.54, 1.807) is 12.1 Å². The highest BCUT2D eigenvalue weighted by Crippen LogP contribution is 2.33. The van der Waals surface area contributed by atoms with Crippen molar-refractivity contribution in [3.8, 4) is 0 Å². The molecule has 0 atom stereocenters. The van der Waals surface area contributed by atoms with Crippen molar-refractivity contribution in [1.29, 1.82) is 0 Å². The molecular formula is C20H21N5O2S. The van der Waals surface area contributed by atoms with Gasteiger partial charge in [-0.2, -0.15) is 0 Å². The number of H-pyrrole nitrogens is 1. The van der Waals surface area contributed by atoms with E-state index in [9.17, 15) is 9.90 Å². The van der Waals surface area contributed by atoms with Gasteiger partial charge in [0.2, 0.25) is 5.91 Å². The lowest BCUT2D eigenvalue weighted by atomic mass is 9.99. The van der Waals surface area contributed by atoms with E-state index in [1.165, 1.54) is 11.3 Å². The van der Waals surface area contributed by atoms with Gasteiger partial charge < -0.3 is 21.1 Å². The number of thiazole rings is 1. The Morgan fingerprint density at radius 2 is 2.07 bits per heavy atom. The zero-order valence-corrected chi connectivity index (χ0v) is 16.4. The monoisotopic (exact) mass is 395 g/mol. The van der Waals surface area contributed by atoms with E-state index in [2.05, 4.69) is 29.1 Å². The zero-order valence-electron chi connectivity index (χ0n) is 15.6. The standard InChI is InChI=1S/C20H21N5O2S/c1-10(2)7-11-3-4-12(19(21)27)8-14(11)23-20-25-18-15(28-20)6-5-13-17(18)24-16(9-26)22-13/h3-6,8,10,26H,7,9H2,1-2H3,(H2,21,27)(H,22,24)(H,23,25). The normalized spacial score (nSPS) is 11.6. The Labute approximate surface area is 165 Å². The van der Waals surface area contributed by atoms with Crippen LogP contribution in [0.15, 0.2) is 30.3 Å². The molecular weight excluding hydrogens is 374 g/mol. The third-order valence-corrected chi connectivity index (χ3v) is 5.41. The highest BCUT2D eigenvalue weighted by Gasteiger charge is 2.14. The highest BCUT2D eigenvalue weighted by molar-refractivity contribution is 7.22. The van der Waals surface area contributed by atoms with Crippen molar-refractivity contribution < 1.29 is 9.90 Å². The van der Waals surface area contributed by atoms with E-state index in [-0.39, 0.29) is 6.61 Å². The molecule has 2 aromatic carbocycles. The quantitative estimate of drug-likeness (QED) is 0.397. The summed E-state index contributed by atoms with van der Waals surface area (Å²) in [6.07, 6.45) is 0.871. The second-order valence-electron chi connectivity index (χ2n) is 7.13. The minimum absolute atomic E-state index is 0.149. The minimum atomic E-state index is -0.460. The Morgan fingerprint density at radius 1 is 1.25 bits per heavy atom. The molecule has 28 heavy (non-hydrogen) atoms. The Kier molecular flexibility index (Phi) is 4.74. The number of fused-ring (bicyclic) bond motifs is 3. The lowest BCUT2D eigenvalue weighted by Gasteiger charge is -2.13. The van der Waals surface area contributed by atoms with Gasteiger partial charge in [0.25, 0.3) is 0 Å². The molecule has 1 amide bonds. The predicted octanol–water partition coefficient (Wildman–Crippen LogP) is 3.71. The van der Waals surface area contributed by atoms with Crippen LogP contribution >= 0.6 is 11.3 Å². The number of nitrogens with one attached hydrogen (secondary N) is 2. The second-order valence-corrected chi connectivity index (χ2v) is 8.16. The number of imidazole rings is 1. The molecule has 144 valence electrons.